The first-order chi connectivity index (χ1) is 17.9. The number of methoxy groups -OCH3 is 1. The lowest BCUT2D eigenvalue weighted by Crippen LogP contribution is -2.47. The molecule has 0 radical (unpaired) electrons. The van der Waals surface area contributed by atoms with E-state index >= 15 is 0 Å². The minimum absolute atomic E-state index is 0.220. The van der Waals surface area contributed by atoms with Crippen molar-refractivity contribution in [2.45, 2.75) is 20.3 Å². The summed E-state index contributed by atoms with van der Waals surface area (Å²) in [4.78, 5) is 20.8. The predicted octanol–water partition coefficient (Wildman–Crippen LogP) is 5.96. The van der Waals surface area contributed by atoms with E-state index < -0.39 is 0 Å². The standard InChI is InChI=1S/C29H34Cl2N4O2/c1-20-7-4-8-21(2)28(20)35-15-13-34(14-16-35)12-6-11-32-29(36)27(37-3)10-5-9-23-17-22-18-24(30)25(31)19-26(22)33-23/h4-5,7-10,17-19,33H,6,11-16H2,1-3H3,(H,32,36)/b9-5+,27-10+. The molecule has 1 amide bonds. The Morgan fingerprint density at radius 1 is 1.08 bits per heavy atom. The van der Waals surface area contributed by atoms with Crippen LogP contribution in [0.3, 0.4) is 0 Å². The van der Waals surface area contributed by atoms with Crippen LogP contribution in [-0.2, 0) is 9.53 Å². The molecule has 1 saturated heterocycles. The Balaban J connectivity index is 1.21. The van der Waals surface area contributed by atoms with Gasteiger partial charge >= 0.3 is 0 Å². The number of halogens is 2. The number of fused-ring (bicyclic) bond motifs is 1. The van der Waals surface area contributed by atoms with E-state index in [0.29, 0.717) is 16.6 Å². The lowest BCUT2D eigenvalue weighted by atomic mass is 10.1. The fourth-order valence-corrected chi connectivity index (χ4v) is 5.14. The van der Waals surface area contributed by atoms with E-state index in [9.17, 15) is 4.79 Å². The Hall–Kier alpha value is -2.93. The van der Waals surface area contributed by atoms with Gasteiger partial charge in [0.15, 0.2) is 5.76 Å². The fraction of sp³-hybridized carbons (Fsp3) is 0.345. The molecule has 2 heterocycles. The van der Waals surface area contributed by atoms with Crippen LogP contribution < -0.4 is 10.2 Å². The molecule has 8 heteroatoms. The molecule has 6 nitrogen and oxygen atoms in total. The van der Waals surface area contributed by atoms with Crippen molar-refractivity contribution in [3.63, 3.8) is 0 Å². The Morgan fingerprint density at radius 3 is 2.49 bits per heavy atom. The summed E-state index contributed by atoms with van der Waals surface area (Å²) >= 11 is 12.2. The number of carbonyl (C=O) groups is 1. The molecular weight excluding hydrogens is 507 g/mol. The first-order valence-electron chi connectivity index (χ1n) is 12.6. The molecule has 196 valence electrons. The molecule has 0 saturated carbocycles. The zero-order valence-corrected chi connectivity index (χ0v) is 23.1. The Bertz CT molecular complexity index is 1250. The summed E-state index contributed by atoms with van der Waals surface area (Å²) in [6.45, 7) is 10.0. The van der Waals surface area contributed by atoms with Crippen molar-refractivity contribution >= 4 is 51.8 Å². The van der Waals surface area contributed by atoms with Crippen molar-refractivity contribution < 1.29 is 9.53 Å². The first-order valence-corrected chi connectivity index (χ1v) is 13.3. The number of aromatic nitrogens is 1. The molecule has 0 unspecified atom stereocenters. The molecule has 2 aromatic carbocycles. The maximum atomic E-state index is 12.6. The van der Waals surface area contributed by atoms with Crippen LogP contribution in [0.15, 0.2) is 54.3 Å². The van der Waals surface area contributed by atoms with Crippen molar-refractivity contribution in [3.05, 3.63) is 81.2 Å². The number of allylic oxidation sites excluding steroid dienone is 2. The molecule has 0 aliphatic carbocycles. The molecule has 0 atom stereocenters. The molecule has 1 aliphatic rings. The number of piperazine rings is 1. The van der Waals surface area contributed by atoms with Crippen molar-refractivity contribution in [2.24, 2.45) is 0 Å². The van der Waals surface area contributed by atoms with Crippen LogP contribution in [0.2, 0.25) is 10.0 Å². The van der Waals surface area contributed by atoms with E-state index in [2.05, 4.69) is 52.1 Å². The maximum absolute atomic E-state index is 12.6. The molecule has 4 rings (SSSR count). The summed E-state index contributed by atoms with van der Waals surface area (Å²) in [7, 11) is 1.50. The third-order valence-electron chi connectivity index (χ3n) is 6.71. The summed E-state index contributed by atoms with van der Waals surface area (Å²) < 4.78 is 5.30. The van der Waals surface area contributed by atoms with Crippen LogP contribution in [0, 0.1) is 13.8 Å². The van der Waals surface area contributed by atoms with Crippen LogP contribution in [0.25, 0.3) is 17.0 Å². The highest BCUT2D eigenvalue weighted by Gasteiger charge is 2.19. The SMILES string of the molecule is CO/C(=C/C=C/c1cc2cc(Cl)c(Cl)cc2[nH]1)C(=O)NCCCN1CCN(c2c(C)cccc2C)CC1. The number of hydrogen-bond donors (Lipinski definition) is 2. The molecule has 1 fully saturated rings. The van der Waals surface area contributed by atoms with Gasteiger partial charge in [-0.05, 0) is 68.3 Å². The summed E-state index contributed by atoms with van der Waals surface area (Å²) in [5, 5.41) is 4.95. The average molecular weight is 542 g/mol. The highest BCUT2D eigenvalue weighted by atomic mass is 35.5. The third kappa shape index (κ3) is 6.89. The number of anilines is 1. The molecule has 0 bridgehead atoms. The van der Waals surface area contributed by atoms with Crippen LogP contribution in [0.4, 0.5) is 5.69 Å². The predicted molar refractivity (Wildman–Crippen MR) is 155 cm³/mol. The number of para-hydroxylation sites is 1. The average Bonchev–Trinajstić information content (AvgIpc) is 3.26. The van der Waals surface area contributed by atoms with Gasteiger partial charge in [-0.2, -0.15) is 0 Å². The number of H-pyrrole nitrogens is 1. The molecule has 37 heavy (non-hydrogen) atoms. The smallest absolute Gasteiger partial charge is 0.286 e. The van der Waals surface area contributed by atoms with Gasteiger partial charge < -0.3 is 19.9 Å². The van der Waals surface area contributed by atoms with Crippen molar-refractivity contribution in [3.8, 4) is 0 Å². The first kappa shape index (κ1) is 27.1. The van der Waals surface area contributed by atoms with Gasteiger partial charge in [0, 0.05) is 55.0 Å². The highest BCUT2D eigenvalue weighted by molar-refractivity contribution is 6.42. The van der Waals surface area contributed by atoms with Gasteiger partial charge in [-0.1, -0.05) is 47.5 Å². The number of aromatic amines is 1. The number of rotatable bonds is 9. The van der Waals surface area contributed by atoms with Gasteiger partial charge in [-0.15, -0.1) is 0 Å². The van der Waals surface area contributed by atoms with E-state index in [-0.39, 0.29) is 11.7 Å². The normalized spacial score (nSPS) is 15.1. The molecule has 3 aromatic rings. The van der Waals surface area contributed by atoms with Crippen LogP contribution >= 0.6 is 23.2 Å². The van der Waals surface area contributed by atoms with Gasteiger partial charge in [0.1, 0.15) is 0 Å². The van der Waals surface area contributed by atoms with E-state index in [1.54, 1.807) is 18.2 Å². The second kappa shape index (κ2) is 12.5. The van der Waals surface area contributed by atoms with Crippen molar-refractivity contribution in [2.75, 3.05) is 51.3 Å². The van der Waals surface area contributed by atoms with Crippen molar-refractivity contribution in [1.82, 2.24) is 15.2 Å². The zero-order valence-electron chi connectivity index (χ0n) is 21.6. The monoisotopic (exact) mass is 540 g/mol. The second-order valence-corrected chi connectivity index (χ2v) is 10.2. The summed E-state index contributed by atoms with van der Waals surface area (Å²) in [6, 6.07) is 12.1. The Morgan fingerprint density at radius 2 is 1.78 bits per heavy atom. The molecular formula is C29H34Cl2N4O2. The summed E-state index contributed by atoms with van der Waals surface area (Å²) in [6.07, 6.45) is 6.20. The number of hydrogen-bond acceptors (Lipinski definition) is 4. The van der Waals surface area contributed by atoms with Crippen LogP contribution in [-0.4, -0.2) is 62.2 Å². The topological polar surface area (TPSA) is 60.6 Å². The van der Waals surface area contributed by atoms with E-state index in [1.807, 2.05) is 18.2 Å². The van der Waals surface area contributed by atoms with E-state index in [1.165, 1.54) is 23.9 Å². The number of nitrogens with one attached hydrogen (secondary N) is 2. The molecule has 1 aliphatic heterocycles. The van der Waals surface area contributed by atoms with E-state index in [4.69, 9.17) is 27.9 Å². The van der Waals surface area contributed by atoms with Crippen LogP contribution in [0.1, 0.15) is 23.2 Å². The number of nitrogens with zero attached hydrogens (tertiary/aromatic N) is 2. The van der Waals surface area contributed by atoms with E-state index in [0.717, 1.165) is 55.7 Å². The number of amides is 1. The quantitative estimate of drug-likeness (QED) is 0.152. The van der Waals surface area contributed by atoms with Crippen molar-refractivity contribution in [1.29, 1.82) is 0 Å². The molecule has 1 aromatic heterocycles. The fourth-order valence-electron chi connectivity index (χ4n) is 4.81. The Kier molecular flexibility index (Phi) is 9.19. The minimum Gasteiger partial charge on any atom is -0.491 e. The van der Waals surface area contributed by atoms with Gasteiger partial charge in [0.2, 0.25) is 0 Å². The minimum atomic E-state index is -0.220. The van der Waals surface area contributed by atoms with Gasteiger partial charge in [0.25, 0.3) is 5.91 Å². The molecule has 0 spiro atoms. The van der Waals surface area contributed by atoms with Gasteiger partial charge in [-0.3, -0.25) is 9.69 Å². The zero-order chi connectivity index (χ0) is 26.4. The third-order valence-corrected chi connectivity index (χ3v) is 7.44. The number of benzene rings is 2. The number of ether oxygens (including phenoxy) is 1. The van der Waals surface area contributed by atoms with Crippen LogP contribution in [0.5, 0.6) is 0 Å². The lowest BCUT2D eigenvalue weighted by Gasteiger charge is -2.37. The van der Waals surface area contributed by atoms with Gasteiger partial charge in [0.05, 0.1) is 17.2 Å². The number of carbonyl (C=O) groups excluding carboxylic acids is 1. The Labute approximate surface area is 228 Å². The second-order valence-electron chi connectivity index (χ2n) is 9.35. The van der Waals surface area contributed by atoms with Gasteiger partial charge in [-0.25, -0.2) is 0 Å². The highest BCUT2D eigenvalue weighted by Crippen LogP contribution is 2.28. The lowest BCUT2D eigenvalue weighted by molar-refractivity contribution is -0.120. The largest absolute Gasteiger partial charge is 0.491 e. The maximum Gasteiger partial charge on any atom is 0.286 e. The summed E-state index contributed by atoms with van der Waals surface area (Å²) in [5.74, 6) is 0.0443. The summed E-state index contributed by atoms with van der Waals surface area (Å²) in [5.41, 5.74) is 5.82. The number of aryl methyl sites for hydroxylation is 2. The molecule has 2 N–H and O–H groups in total.